The van der Waals surface area contributed by atoms with Crippen LogP contribution in [0.5, 0.6) is 0 Å². The van der Waals surface area contributed by atoms with Gasteiger partial charge in [0.15, 0.2) is 0 Å². The molecule has 0 radical (unpaired) electrons. The summed E-state index contributed by atoms with van der Waals surface area (Å²) < 4.78 is 61.5. The lowest BCUT2D eigenvalue weighted by Crippen LogP contribution is -2.11. The topological polar surface area (TPSA) is 39.4 Å². The highest BCUT2D eigenvalue weighted by molar-refractivity contribution is 7.12. The zero-order valence-corrected chi connectivity index (χ0v) is 43.3. The van der Waals surface area contributed by atoms with Crippen molar-refractivity contribution < 1.29 is 21.5 Å². The van der Waals surface area contributed by atoms with Crippen LogP contribution in [0.4, 0.5) is 0 Å². The van der Waals surface area contributed by atoms with Gasteiger partial charge in [0.05, 0.1) is 6.26 Å². The molecule has 0 aliphatic heterocycles. The Bertz CT molecular complexity index is 2140. The minimum absolute atomic E-state index is 0.0308. The van der Waals surface area contributed by atoms with E-state index in [0.717, 1.165) is 39.0 Å². The van der Waals surface area contributed by atoms with Gasteiger partial charge in [-0.05, 0) is 157 Å². The first-order valence-electron chi connectivity index (χ1n) is 23.7. The number of aryl methyl sites for hydroxylation is 5. The van der Waals surface area contributed by atoms with Crippen molar-refractivity contribution in [2.24, 2.45) is 0 Å². The fourth-order valence-corrected chi connectivity index (χ4v) is 9.15. The first kappa shape index (κ1) is 43.3. The lowest BCUT2D eigenvalue weighted by molar-refractivity contribution is 0.392. The molecule has 5 heterocycles. The van der Waals surface area contributed by atoms with Gasteiger partial charge in [0.1, 0.15) is 28.8 Å². The molecule has 5 rings (SSSR count). The molecular formula is C53H86O3S2. The van der Waals surface area contributed by atoms with Crippen molar-refractivity contribution in [2.45, 2.75) is 221 Å². The summed E-state index contributed by atoms with van der Waals surface area (Å²) in [5, 5.41) is 0. The smallest absolute Gasteiger partial charge is 0.112 e. The highest BCUT2D eigenvalue weighted by Crippen LogP contribution is 2.37. The van der Waals surface area contributed by atoms with E-state index in [0.29, 0.717) is 22.3 Å². The number of furan rings is 3. The van der Waals surface area contributed by atoms with E-state index in [1.54, 1.807) is 24.5 Å². The Morgan fingerprint density at radius 1 is 0.397 bits per heavy atom. The van der Waals surface area contributed by atoms with Crippen molar-refractivity contribution in [3.63, 3.8) is 0 Å². The monoisotopic (exact) mass is 841 g/mol. The van der Waals surface area contributed by atoms with Crippen LogP contribution < -0.4 is 0 Å². The molecule has 0 saturated heterocycles. The second kappa shape index (κ2) is 19.7. The quantitative estimate of drug-likeness (QED) is 0.156. The summed E-state index contributed by atoms with van der Waals surface area (Å²) in [6, 6.07) is 2.00. The summed E-state index contributed by atoms with van der Waals surface area (Å²) in [7, 11) is 0. The van der Waals surface area contributed by atoms with Gasteiger partial charge in [-0.1, -0.05) is 104 Å². The van der Waals surface area contributed by atoms with E-state index in [2.05, 4.69) is 125 Å². The maximum Gasteiger partial charge on any atom is 0.112 e. The first-order valence-corrected chi connectivity index (χ1v) is 22.3. The molecule has 0 bridgehead atoms. The lowest BCUT2D eigenvalue weighted by atomic mass is 9.90. The predicted molar refractivity (Wildman–Crippen MR) is 260 cm³/mol. The molecule has 5 aromatic rings. The van der Waals surface area contributed by atoms with Crippen LogP contribution in [-0.4, -0.2) is 0 Å². The maximum atomic E-state index is 7.51. The second-order valence-electron chi connectivity index (χ2n) is 21.1. The Hall–Kier alpha value is -2.76. The largest absolute Gasteiger partial charge is 0.469 e. The highest BCUT2D eigenvalue weighted by atomic mass is 32.1. The fraction of sp³-hybridized carbons (Fsp3) is 0.623. The Kier molecular flexibility index (Phi) is 14.8. The second-order valence-corrected chi connectivity index (χ2v) is 23.6. The van der Waals surface area contributed by atoms with Crippen molar-refractivity contribution >= 4 is 22.7 Å². The summed E-state index contributed by atoms with van der Waals surface area (Å²) in [5.41, 5.74) is 9.91. The van der Waals surface area contributed by atoms with Gasteiger partial charge in [-0.2, -0.15) is 0 Å². The van der Waals surface area contributed by atoms with Gasteiger partial charge in [0.25, 0.3) is 0 Å². The molecule has 3 nitrogen and oxygen atoms in total. The number of hydrogen-bond acceptors (Lipinski definition) is 5. The molecule has 0 spiro atoms. The van der Waals surface area contributed by atoms with Crippen molar-refractivity contribution in [2.75, 3.05) is 0 Å². The molecular weight excluding hydrogens is 749 g/mol. The maximum absolute atomic E-state index is 7.51. The molecule has 5 heteroatoms. The van der Waals surface area contributed by atoms with Gasteiger partial charge in [0, 0.05) is 44.0 Å². The molecule has 0 amide bonds. The van der Waals surface area contributed by atoms with Crippen LogP contribution >= 0.6 is 22.7 Å². The molecule has 0 aromatic carbocycles. The van der Waals surface area contributed by atoms with Crippen LogP contribution in [0, 0.1) is 89.9 Å². The summed E-state index contributed by atoms with van der Waals surface area (Å²) >= 11 is 3.56. The number of thiophene rings is 2. The van der Waals surface area contributed by atoms with E-state index >= 15 is 0 Å². The van der Waals surface area contributed by atoms with Crippen molar-refractivity contribution in [1.82, 2.24) is 0 Å². The zero-order valence-electron chi connectivity index (χ0n) is 47.7. The van der Waals surface area contributed by atoms with Crippen LogP contribution in [0.15, 0.2) is 25.6 Å². The summed E-state index contributed by atoms with van der Waals surface area (Å²) in [6.07, 6.45) is 1.75. The molecule has 0 saturated carbocycles. The van der Waals surface area contributed by atoms with Gasteiger partial charge in [-0.15, -0.1) is 22.7 Å². The minimum Gasteiger partial charge on any atom is -0.469 e. The molecule has 0 aliphatic carbocycles. The minimum atomic E-state index is -2.08. The fourth-order valence-electron chi connectivity index (χ4n) is 6.80. The Labute approximate surface area is 374 Å². The van der Waals surface area contributed by atoms with Crippen molar-refractivity contribution in [1.29, 1.82) is 0 Å². The molecule has 0 atom stereocenters. The lowest BCUT2D eigenvalue weighted by Gasteiger charge is -2.17. The molecule has 0 aliphatic rings. The SMILES string of the molecule is Cc1ccoc1C(C)(C)C.Cc1oc(C(C)(C)C)c(C)c1C.Cc1sc(C(C)(C)C)c(C)c1C.[2H]C([2H])([2H])c1c(C)oc(C(C)(C)C)c1C.[2H]C([2H])([2H])c1c(C)sc(C(C)(C)C)c1C. The predicted octanol–water partition coefficient (Wildman–Crippen LogP) is 17.8. The van der Waals surface area contributed by atoms with Crippen LogP contribution in [0.25, 0.3) is 0 Å². The van der Waals surface area contributed by atoms with E-state index in [1.165, 1.54) is 42.4 Å². The van der Waals surface area contributed by atoms with E-state index in [4.69, 9.17) is 21.5 Å². The average molecular weight is 841 g/mol. The number of rotatable bonds is 0. The molecule has 328 valence electrons. The number of hydrogen-bond donors (Lipinski definition) is 0. The molecule has 5 aromatic heterocycles. The van der Waals surface area contributed by atoms with Gasteiger partial charge in [-0.3, -0.25) is 0 Å². The van der Waals surface area contributed by atoms with Gasteiger partial charge < -0.3 is 13.3 Å². The van der Waals surface area contributed by atoms with E-state index < -0.39 is 13.7 Å². The van der Waals surface area contributed by atoms with Crippen LogP contribution in [0.1, 0.15) is 210 Å². The standard InChI is InChI=1S/2C11H18O.2C11H18S.C9H14O/c4*1-7-8(2)10(11(4,5)6)12-9(7)3;1-7-5-6-10-8(7)9(2,3)4/h4*1-6H3;5-6H,1-4H3/i1D3;;1D3;;. The highest BCUT2D eigenvalue weighted by Gasteiger charge is 2.25. The Balaban J connectivity index is 0.000000403. The van der Waals surface area contributed by atoms with E-state index in [1.807, 2.05) is 65.9 Å². The third-order valence-corrected chi connectivity index (χ3v) is 13.7. The van der Waals surface area contributed by atoms with Crippen LogP contribution in [0.2, 0.25) is 0 Å². The van der Waals surface area contributed by atoms with Crippen LogP contribution in [-0.2, 0) is 27.1 Å². The molecule has 0 unspecified atom stereocenters. The van der Waals surface area contributed by atoms with Crippen molar-refractivity contribution in [3.8, 4) is 0 Å². The average Bonchev–Trinajstić information content (AvgIpc) is 3.86. The van der Waals surface area contributed by atoms with Gasteiger partial charge in [0.2, 0.25) is 0 Å². The molecule has 58 heavy (non-hydrogen) atoms. The summed E-state index contributed by atoms with van der Waals surface area (Å²) in [5.74, 6) is 4.55. The van der Waals surface area contributed by atoms with E-state index in [9.17, 15) is 0 Å². The summed E-state index contributed by atoms with van der Waals surface area (Å²) in [6.45, 7) is 50.5. The Morgan fingerprint density at radius 2 is 0.741 bits per heavy atom. The molecule has 0 fully saturated rings. The Morgan fingerprint density at radius 3 is 0.914 bits per heavy atom. The van der Waals surface area contributed by atoms with Gasteiger partial charge >= 0.3 is 0 Å². The zero-order chi connectivity index (χ0) is 50.8. The summed E-state index contributed by atoms with van der Waals surface area (Å²) in [4.78, 5) is 5.12. The third kappa shape index (κ3) is 14.2. The van der Waals surface area contributed by atoms with Crippen molar-refractivity contribution in [3.05, 3.63) is 111 Å². The molecule has 0 N–H and O–H groups in total. The van der Waals surface area contributed by atoms with E-state index in [-0.39, 0.29) is 21.7 Å². The van der Waals surface area contributed by atoms with Crippen LogP contribution in [0.3, 0.4) is 0 Å². The first-order chi connectivity index (χ1) is 28.3. The third-order valence-electron chi connectivity index (χ3n) is 10.3. The van der Waals surface area contributed by atoms with Gasteiger partial charge in [-0.25, -0.2) is 0 Å². The normalized spacial score (nSPS) is 14.1.